The van der Waals surface area contributed by atoms with E-state index in [4.69, 9.17) is 4.74 Å². The molecule has 1 saturated heterocycles. The Morgan fingerprint density at radius 1 is 1.60 bits per heavy atom. The highest BCUT2D eigenvalue weighted by Crippen LogP contribution is 2.37. The number of ether oxygens (including phenoxy) is 1. The van der Waals surface area contributed by atoms with Crippen LogP contribution in [0.5, 0.6) is 0 Å². The normalized spacial score (nSPS) is 26.7. The van der Waals surface area contributed by atoms with Gasteiger partial charge >= 0.3 is 0 Å². The molecular weight excluding hydrogens is 210 g/mol. The third-order valence-corrected chi connectivity index (χ3v) is 4.52. The molecule has 1 atom stereocenters. The molecule has 4 heteroatoms. The molecule has 1 unspecified atom stereocenters. The summed E-state index contributed by atoms with van der Waals surface area (Å²) in [6, 6.07) is 0. The lowest BCUT2D eigenvalue weighted by atomic mass is 10.0. The molecule has 1 N–H and O–H groups in total. The number of carbonyl (C=O) groups is 1. The first-order valence-corrected chi connectivity index (χ1v) is 6.36. The lowest BCUT2D eigenvalue weighted by Crippen LogP contribution is -2.47. The van der Waals surface area contributed by atoms with E-state index in [-0.39, 0.29) is 10.7 Å². The summed E-state index contributed by atoms with van der Waals surface area (Å²) in [5, 5.41) is 2.97. The number of nitrogens with one attached hydrogen (secondary N) is 1. The van der Waals surface area contributed by atoms with Gasteiger partial charge in [-0.2, -0.15) is 11.8 Å². The van der Waals surface area contributed by atoms with E-state index in [0.717, 1.165) is 6.54 Å². The predicted molar refractivity (Wildman–Crippen MR) is 64.2 cm³/mol. The highest BCUT2D eigenvalue weighted by atomic mass is 32.2. The second-order valence-electron chi connectivity index (χ2n) is 4.80. The van der Waals surface area contributed by atoms with Crippen LogP contribution in [-0.2, 0) is 9.53 Å². The highest BCUT2D eigenvalue weighted by molar-refractivity contribution is 8.00. The monoisotopic (exact) mass is 231 g/mol. The van der Waals surface area contributed by atoms with Crippen LogP contribution in [-0.4, -0.2) is 35.7 Å². The summed E-state index contributed by atoms with van der Waals surface area (Å²) in [5.74, 6) is 1.18. The topological polar surface area (TPSA) is 38.3 Å². The summed E-state index contributed by atoms with van der Waals surface area (Å²) < 4.78 is 5.35. The number of methoxy groups -OCH3 is 1. The zero-order chi connectivity index (χ0) is 11.5. The molecule has 0 aromatic heterocycles. The van der Waals surface area contributed by atoms with Crippen LogP contribution in [0.15, 0.2) is 0 Å². The fourth-order valence-electron chi connectivity index (χ4n) is 1.55. The zero-order valence-electron chi connectivity index (χ0n) is 10.1. The number of carbonyl (C=O) groups excluding carboxylic acids is 1. The predicted octanol–water partition coefficient (Wildman–Crippen LogP) is 1.81. The molecule has 88 valence electrons. The van der Waals surface area contributed by atoms with E-state index in [1.807, 2.05) is 11.8 Å². The van der Waals surface area contributed by atoms with E-state index in [1.165, 1.54) is 18.6 Å². The van der Waals surface area contributed by atoms with Gasteiger partial charge in [-0.15, -0.1) is 0 Å². The minimum Gasteiger partial charge on any atom is -0.369 e. The second kappa shape index (κ2) is 4.74. The Balaban J connectivity index is 2.40. The van der Waals surface area contributed by atoms with Gasteiger partial charge in [0, 0.05) is 18.4 Å². The number of hydrogen-bond acceptors (Lipinski definition) is 3. The van der Waals surface area contributed by atoms with Crippen LogP contribution in [0.2, 0.25) is 0 Å². The lowest BCUT2D eigenvalue weighted by molar-refractivity contribution is -0.139. The lowest BCUT2D eigenvalue weighted by Gasteiger charge is -2.27. The van der Waals surface area contributed by atoms with Crippen molar-refractivity contribution in [1.82, 2.24) is 5.32 Å². The first kappa shape index (κ1) is 12.8. The summed E-state index contributed by atoms with van der Waals surface area (Å²) in [7, 11) is 1.56. The Bertz CT molecular complexity index is 235. The molecule has 0 spiro atoms. The smallest absolute Gasteiger partial charge is 0.251 e. The second-order valence-corrected chi connectivity index (χ2v) is 6.48. The average molecular weight is 231 g/mol. The molecule has 0 aliphatic carbocycles. The number of hydrogen-bond donors (Lipinski definition) is 1. The fourth-order valence-corrected chi connectivity index (χ4v) is 2.79. The summed E-state index contributed by atoms with van der Waals surface area (Å²) in [6.07, 6.45) is 2.44. The minimum absolute atomic E-state index is 0.0290. The zero-order valence-corrected chi connectivity index (χ0v) is 10.9. The SMILES string of the molecule is COC(C)(C)C(=O)NCC1(C)CCCS1. The third-order valence-electron chi connectivity index (χ3n) is 2.98. The molecule has 0 bridgehead atoms. The molecule has 3 nitrogen and oxygen atoms in total. The molecule has 1 fully saturated rings. The van der Waals surface area contributed by atoms with E-state index in [2.05, 4.69) is 12.2 Å². The molecule has 0 saturated carbocycles. The van der Waals surface area contributed by atoms with Gasteiger partial charge in [0.25, 0.3) is 5.91 Å². The maximum absolute atomic E-state index is 11.7. The van der Waals surface area contributed by atoms with Crippen molar-refractivity contribution >= 4 is 17.7 Å². The van der Waals surface area contributed by atoms with Gasteiger partial charge in [-0.1, -0.05) is 0 Å². The van der Waals surface area contributed by atoms with Crippen molar-refractivity contribution in [2.24, 2.45) is 0 Å². The molecule has 1 aliphatic heterocycles. The van der Waals surface area contributed by atoms with Gasteiger partial charge in [0.05, 0.1) is 0 Å². The molecule has 1 aliphatic rings. The molecule has 1 rings (SSSR count). The molecule has 15 heavy (non-hydrogen) atoms. The van der Waals surface area contributed by atoms with Crippen LogP contribution in [0.25, 0.3) is 0 Å². The number of thioether (sulfide) groups is 1. The molecule has 0 aromatic carbocycles. The molecular formula is C11H21NO2S. The van der Waals surface area contributed by atoms with Gasteiger partial charge in [-0.3, -0.25) is 4.79 Å². The third kappa shape index (κ3) is 3.38. The van der Waals surface area contributed by atoms with E-state index in [0.29, 0.717) is 0 Å². The molecule has 0 aromatic rings. The molecule has 1 amide bonds. The largest absolute Gasteiger partial charge is 0.369 e. The number of rotatable bonds is 4. The van der Waals surface area contributed by atoms with Crippen molar-refractivity contribution in [1.29, 1.82) is 0 Å². The van der Waals surface area contributed by atoms with E-state index < -0.39 is 5.60 Å². The minimum atomic E-state index is -0.723. The van der Waals surface area contributed by atoms with Crippen LogP contribution in [0.3, 0.4) is 0 Å². The average Bonchev–Trinajstić information content (AvgIpc) is 2.62. The van der Waals surface area contributed by atoms with Gasteiger partial charge < -0.3 is 10.1 Å². The summed E-state index contributed by atoms with van der Waals surface area (Å²) in [4.78, 5) is 11.7. The highest BCUT2D eigenvalue weighted by Gasteiger charge is 2.33. The van der Waals surface area contributed by atoms with Gasteiger partial charge in [-0.05, 0) is 39.4 Å². The van der Waals surface area contributed by atoms with E-state index >= 15 is 0 Å². The van der Waals surface area contributed by atoms with Crippen molar-refractivity contribution in [3.63, 3.8) is 0 Å². The Labute approximate surface area is 96.3 Å². The van der Waals surface area contributed by atoms with Crippen LogP contribution in [0.1, 0.15) is 33.6 Å². The van der Waals surface area contributed by atoms with Crippen molar-refractivity contribution in [3.05, 3.63) is 0 Å². The Morgan fingerprint density at radius 3 is 2.73 bits per heavy atom. The fraction of sp³-hybridized carbons (Fsp3) is 0.909. The quantitative estimate of drug-likeness (QED) is 0.802. The van der Waals surface area contributed by atoms with E-state index in [1.54, 1.807) is 21.0 Å². The van der Waals surface area contributed by atoms with Gasteiger partial charge in [0.1, 0.15) is 5.60 Å². The van der Waals surface area contributed by atoms with Gasteiger partial charge in [-0.25, -0.2) is 0 Å². The van der Waals surface area contributed by atoms with Crippen molar-refractivity contribution in [3.8, 4) is 0 Å². The maximum atomic E-state index is 11.7. The maximum Gasteiger partial charge on any atom is 0.251 e. The Morgan fingerprint density at radius 2 is 2.27 bits per heavy atom. The number of amides is 1. The first-order chi connectivity index (χ1) is 6.90. The van der Waals surface area contributed by atoms with Crippen LogP contribution in [0, 0.1) is 0 Å². The van der Waals surface area contributed by atoms with Crippen LogP contribution < -0.4 is 5.32 Å². The Hall–Kier alpha value is -0.220. The van der Waals surface area contributed by atoms with Crippen molar-refractivity contribution < 1.29 is 9.53 Å². The van der Waals surface area contributed by atoms with E-state index in [9.17, 15) is 4.79 Å². The van der Waals surface area contributed by atoms with Crippen molar-refractivity contribution in [2.75, 3.05) is 19.4 Å². The van der Waals surface area contributed by atoms with Gasteiger partial charge in [0.2, 0.25) is 0 Å². The standard InChI is InChI=1S/C11H21NO2S/c1-10(2,14-4)9(13)12-8-11(3)6-5-7-15-11/h5-8H2,1-4H3,(H,12,13). The Kier molecular flexibility index (Phi) is 4.06. The first-order valence-electron chi connectivity index (χ1n) is 5.37. The summed E-state index contributed by atoms with van der Waals surface area (Å²) in [5.41, 5.74) is -0.723. The van der Waals surface area contributed by atoms with Crippen LogP contribution >= 0.6 is 11.8 Å². The van der Waals surface area contributed by atoms with Gasteiger partial charge in [0.15, 0.2) is 0 Å². The summed E-state index contributed by atoms with van der Waals surface area (Å²) in [6.45, 7) is 6.52. The van der Waals surface area contributed by atoms with Crippen molar-refractivity contribution in [2.45, 2.75) is 44.0 Å². The summed E-state index contributed by atoms with van der Waals surface area (Å²) >= 11 is 1.95. The molecule has 1 heterocycles. The van der Waals surface area contributed by atoms with Crippen LogP contribution in [0.4, 0.5) is 0 Å². The molecule has 0 radical (unpaired) electrons.